The van der Waals surface area contributed by atoms with Crippen LogP contribution in [0.1, 0.15) is 37.5 Å². The van der Waals surface area contributed by atoms with Crippen LogP contribution in [0.4, 0.5) is 0 Å². The minimum Gasteiger partial charge on any atom is -0.480 e. The zero-order valence-corrected chi connectivity index (χ0v) is 12.1. The molecule has 0 bridgehead atoms. The van der Waals surface area contributed by atoms with Gasteiger partial charge in [0.1, 0.15) is 5.54 Å². The Morgan fingerprint density at radius 1 is 1.33 bits per heavy atom. The summed E-state index contributed by atoms with van der Waals surface area (Å²) in [6, 6.07) is 6.09. The molecule has 0 aliphatic rings. The highest BCUT2D eigenvalue weighted by atomic mass is 16.4. The first-order valence-electron chi connectivity index (χ1n) is 6.25. The summed E-state index contributed by atoms with van der Waals surface area (Å²) in [6.07, 6.45) is 0. The molecule has 1 atom stereocenters. The minimum absolute atomic E-state index is 0.159. The van der Waals surface area contributed by atoms with E-state index in [0.717, 1.165) is 16.7 Å². The molecular formula is C15H23NO2. The Morgan fingerprint density at radius 3 is 2.28 bits per heavy atom. The average molecular weight is 249 g/mol. The normalized spacial score (nSPS) is 14.9. The Balaban J connectivity index is 3.41. The van der Waals surface area contributed by atoms with Gasteiger partial charge in [0.05, 0.1) is 0 Å². The maximum atomic E-state index is 11.8. The van der Waals surface area contributed by atoms with Crippen LogP contribution in [0.15, 0.2) is 18.2 Å². The average Bonchev–Trinajstić information content (AvgIpc) is 2.26. The molecule has 0 heterocycles. The molecule has 1 N–H and O–H groups in total. The molecule has 100 valence electrons. The first kappa shape index (κ1) is 14.7. The maximum Gasteiger partial charge on any atom is 0.328 e. The van der Waals surface area contributed by atoms with Gasteiger partial charge in [0.25, 0.3) is 0 Å². The molecule has 0 saturated carbocycles. The highest BCUT2D eigenvalue weighted by Crippen LogP contribution is 2.32. The summed E-state index contributed by atoms with van der Waals surface area (Å²) >= 11 is 0. The van der Waals surface area contributed by atoms with Gasteiger partial charge < -0.3 is 5.11 Å². The van der Waals surface area contributed by atoms with Gasteiger partial charge in [-0.25, -0.2) is 4.79 Å². The fraction of sp³-hybridized carbons (Fsp3) is 0.533. The molecule has 0 aliphatic carbocycles. The lowest BCUT2D eigenvalue weighted by Crippen LogP contribution is -2.51. The van der Waals surface area contributed by atoms with Crippen molar-refractivity contribution in [2.75, 3.05) is 7.05 Å². The highest BCUT2D eigenvalue weighted by Gasteiger charge is 2.41. The van der Waals surface area contributed by atoms with Gasteiger partial charge in [0.2, 0.25) is 0 Å². The van der Waals surface area contributed by atoms with Crippen LogP contribution < -0.4 is 0 Å². The molecule has 0 aromatic heterocycles. The van der Waals surface area contributed by atoms with E-state index in [1.807, 2.05) is 57.8 Å². The molecule has 18 heavy (non-hydrogen) atoms. The van der Waals surface area contributed by atoms with Gasteiger partial charge in [0.15, 0.2) is 0 Å². The molecule has 1 unspecified atom stereocenters. The van der Waals surface area contributed by atoms with Crippen LogP contribution in [-0.2, 0) is 10.3 Å². The lowest BCUT2D eigenvalue weighted by atomic mass is 9.85. The zero-order valence-electron chi connectivity index (χ0n) is 12.1. The number of hydrogen-bond donors (Lipinski definition) is 1. The first-order valence-corrected chi connectivity index (χ1v) is 6.25. The quantitative estimate of drug-likeness (QED) is 0.892. The lowest BCUT2D eigenvalue weighted by molar-refractivity contribution is -0.151. The second-order valence-electron chi connectivity index (χ2n) is 5.40. The van der Waals surface area contributed by atoms with Crippen molar-refractivity contribution < 1.29 is 9.90 Å². The van der Waals surface area contributed by atoms with Crippen LogP contribution in [0.5, 0.6) is 0 Å². The number of aryl methyl sites for hydroxylation is 2. The van der Waals surface area contributed by atoms with E-state index in [1.54, 1.807) is 6.92 Å². The zero-order chi connectivity index (χ0) is 14.1. The number of carboxylic acids is 1. The molecule has 0 saturated heterocycles. The number of nitrogens with zero attached hydrogens (tertiary/aromatic N) is 1. The van der Waals surface area contributed by atoms with E-state index in [9.17, 15) is 9.90 Å². The Bertz CT molecular complexity index is 454. The standard InChI is InChI=1S/C15H23NO2/c1-10(2)16(6)15(5,14(17)18)13-8-7-11(3)9-12(13)4/h7-10H,1-6H3,(H,17,18). The molecule has 0 spiro atoms. The van der Waals surface area contributed by atoms with E-state index < -0.39 is 11.5 Å². The summed E-state index contributed by atoms with van der Waals surface area (Å²) < 4.78 is 0. The number of likely N-dealkylation sites (N-methyl/N-ethyl adjacent to an activating group) is 1. The first-order chi connectivity index (χ1) is 8.21. The Labute approximate surface area is 109 Å². The summed E-state index contributed by atoms with van der Waals surface area (Å²) in [5, 5.41) is 9.66. The van der Waals surface area contributed by atoms with Gasteiger partial charge in [-0.3, -0.25) is 4.90 Å². The van der Waals surface area contributed by atoms with Gasteiger partial charge in [-0.05, 0) is 52.8 Å². The van der Waals surface area contributed by atoms with Gasteiger partial charge in [0, 0.05) is 6.04 Å². The van der Waals surface area contributed by atoms with E-state index in [2.05, 4.69) is 0 Å². The van der Waals surface area contributed by atoms with Gasteiger partial charge >= 0.3 is 5.97 Å². The molecule has 1 rings (SSSR count). The van der Waals surface area contributed by atoms with Crippen LogP contribution >= 0.6 is 0 Å². The summed E-state index contributed by atoms with van der Waals surface area (Å²) in [7, 11) is 1.86. The van der Waals surface area contributed by atoms with E-state index in [-0.39, 0.29) is 6.04 Å². The number of carboxylic acid groups (broad SMARTS) is 1. The van der Waals surface area contributed by atoms with Crippen molar-refractivity contribution in [3.05, 3.63) is 34.9 Å². The number of rotatable bonds is 4. The third-order valence-electron chi connectivity index (χ3n) is 3.80. The Morgan fingerprint density at radius 2 is 1.89 bits per heavy atom. The number of aliphatic carboxylic acids is 1. The molecular weight excluding hydrogens is 226 g/mol. The molecule has 0 radical (unpaired) electrons. The molecule has 1 aromatic carbocycles. The van der Waals surface area contributed by atoms with Crippen molar-refractivity contribution >= 4 is 5.97 Å². The Kier molecular flexibility index (Phi) is 4.17. The summed E-state index contributed by atoms with van der Waals surface area (Å²) in [5.41, 5.74) is 2.03. The van der Waals surface area contributed by atoms with E-state index in [4.69, 9.17) is 0 Å². The van der Waals surface area contributed by atoms with E-state index >= 15 is 0 Å². The van der Waals surface area contributed by atoms with Crippen molar-refractivity contribution in [1.82, 2.24) is 4.90 Å². The second-order valence-corrected chi connectivity index (χ2v) is 5.40. The lowest BCUT2D eigenvalue weighted by Gasteiger charge is -2.39. The van der Waals surface area contributed by atoms with Crippen LogP contribution in [-0.4, -0.2) is 29.1 Å². The van der Waals surface area contributed by atoms with Gasteiger partial charge in [-0.2, -0.15) is 0 Å². The van der Waals surface area contributed by atoms with Gasteiger partial charge in [-0.1, -0.05) is 23.8 Å². The molecule has 0 aliphatic heterocycles. The summed E-state index contributed by atoms with van der Waals surface area (Å²) in [6.45, 7) is 9.77. The monoisotopic (exact) mass is 249 g/mol. The Hall–Kier alpha value is -1.35. The minimum atomic E-state index is -0.994. The number of benzene rings is 1. The fourth-order valence-corrected chi connectivity index (χ4v) is 2.33. The predicted molar refractivity (Wildman–Crippen MR) is 73.8 cm³/mol. The van der Waals surface area contributed by atoms with Crippen LogP contribution in [0.3, 0.4) is 0 Å². The van der Waals surface area contributed by atoms with Crippen LogP contribution in [0.25, 0.3) is 0 Å². The molecule has 3 heteroatoms. The smallest absolute Gasteiger partial charge is 0.328 e. The highest BCUT2D eigenvalue weighted by molar-refractivity contribution is 5.81. The molecule has 1 aromatic rings. The van der Waals surface area contributed by atoms with E-state index in [1.165, 1.54) is 0 Å². The fourth-order valence-electron chi connectivity index (χ4n) is 2.33. The largest absolute Gasteiger partial charge is 0.480 e. The van der Waals surface area contributed by atoms with Crippen molar-refractivity contribution in [3.63, 3.8) is 0 Å². The third kappa shape index (κ3) is 2.41. The van der Waals surface area contributed by atoms with Crippen molar-refractivity contribution in [1.29, 1.82) is 0 Å². The van der Waals surface area contributed by atoms with Crippen molar-refractivity contribution in [2.24, 2.45) is 0 Å². The topological polar surface area (TPSA) is 40.5 Å². The SMILES string of the molecule is Cc1ccc(C(C)(C(=O)O)N(C)C(C)C)c(C)c1. The number of carbonyl (C=O) groups is 1. The molecule has 0 amide bonds. The second kappa shape index (κ2) is 5.11. The maximum absolute atomic E-state index is 11.8. The third-order valence-corrected chi connectivity index (χ3v) is 3.80. The summed E-state index contributed by atoms with van der Waals surface area (Å²) in [4.78, 5) is 13.7. The van der Waals surface area contributed by atoms with Gasteiger partial charge in [-0.15, -0.1) is 0 Å². The molecule has 3 nitrogen and oxygen atoms in total. The van der Waals surface area contributed by atoms with Crippen LogP contribution in [0.2, 0.25) is 0 Å². The predicted octanol–water partition coefficient (Wildman–Crippen LogP) is 2.94. The summed E-state index contributed by atoms with van der Waals surface area (Å²) in [5.74, 6) is -0.814. The molecule has 0 fully saturated rings. The number of hydrogen-bond acceptors (Lipinski definition) is 2. The van der Waals surface area contributed by atoms with Crippen molar-refractivity contribution in [2.45, 2.75) is 46.2 Å². The van der Waals surface area contributed by atoms with Crippen LogP contribution in [0, 0.1) is 13.8 Å². The van der Waals surface area contributed by atoms with E-state index in [0.29, 0.717) is 0 Å². The van der Waals surface area contributed by atoms with Crippen molar-refractivity contribution in [3.8, 4) is 0 Å².